The van der Waals surface area contributed by atoms with E-state index in [9.17, 15) is 9.90 Å². The normalized spacial score (nSPS) is 17.7. The molecule has 1 fully saturated rings. The van der Waals surface area contributed by atoms with Crippen molar-refractivity contribution >= 4 is 6.03 Å². The predicted molar refractivity (Wildman–Crippen MR) is 92.4 cm³/mol. The van der Waals surface area contributed by atoms with Gasteiger partial charge in [0.1, 0.15) is 0 Å². The van der Waals surface area contributed by atoms with Crippen LogP contribution in [0.2, 0.25) is 0 Å². The molecule has 0 spiro atoms. The van der Waals surface area contributed by atoms with Crippen LogP contribution < -0.4 is 10.6 Å². The molecule has 23 heavy (non-hydrogen) atoms. The molecule has 0 radical (unpaired) electrons. The molecule has 1 saturated heterocycles. The molecule has 1 heterocycles. The van der Waals surface area contributed by atoms with Crippen LogP contribution in [-0.2, 0) is 6.42 Å². The average Bonchev–Trinajstić information content (AvgIpc) is 3.05. The highest BCUT2D eigenvalue weighted by Crippen LogP contribution is 2.09. The minimum absolute atomic E-state index is 0.203. The standard InChI is InChI=1S/C18H29N3O2/c1-15(14-21-9-5-6-10-21)12-19-18(23)20-13-17(22)11-16-7-3-2-4-8-16/h2-4,7-8,15,17,22H,5-6,9-14H2,1H3,(H2,19,20,23). The molecule has 1 aromatic rings. The van der Waals surface area contributed by atoms with Crippen molar-refractivity contribution < 1.29 is 9.90 Å². The number of nitrogens with zero attached hydrogens (tertiary/aromatic N) is 1. The van der Waals surface area contributed by atoms with E-state index in [1.807, 2.05) is 30.3 Å². The molecule has 0 aliphatic carbocycles. The van der Waals surface area contributed by atoms with Gasteiger partial charge in [-0.25, -0.2) is 4.79 Å². The molecule has 2 amide bonds. The maximum atomic E-state index is 11.8. The third-order valence-electron chi connectivity index (χ3n) is 4.19. The lowest BCUT2D eigenvalue weighted by molar-refractivity contribution is 0.170. The zero-order valence-electron chi connectivity index (χ0n) is 14.0. The van der Waals surface area contributed by atoms with Gasteiger partial charge in [0.25, 0.3) is 0 Å². The van der Waals surface area contributed by atoms with Gasteiger partial charge >= 0.3 is 6.03 Å². The van der Waals surface area contributed by atoms with E-state index < -0.39 is 6.10 Å². The SMILES string of the molecule is CC(CNC(=O)NCC(O)Cc1ccccc1)CN1CCCC1. The molecule has 128 valence electrons. The Balaban J connectivity index is 1.57. The van der Waals surface area contributed by atoms with Crippen LogP contribution in [0.4, 0.5) is 4.79 Å². The number of nitrogens with one attached hydrogen (secondary N) is 2. The molecule has 2 atom stereocenters. The summed E-state index contributed by atoms with van der Waals surface area (Å²) in [5.41, 5.74) is 1.07. The van der Waals surface area contributed by atoms with E-state index in [1.54, 1.807) is 0 Å². The summed E-state index contributed by atoms with van der Waals surface area (Å²) in [6.45, 7) is 6.49. The van der Waals surface area contributed by atoms with Crippen molar-refractivity contribution in [2.45, 2.75) is 32.3 Å². The van der Waals surface area contributed by atoms with Crippen molar-refractivity contribution in [2.75, 3.05) is 32.7 Å². The fraction of sp³-hybridized carbons (Fsp3) is 0.611. The van der Waals surface area contributed by atoms with E-state index >= 15 is 0 Å². The van der Waals surface area contributed by atoms with Gasteiger partial charge in [0.15, 0.2) is 0 Å². The Morgan fingerprint density at radius 2 is 1.83 bits per heavy atom. The second kappa shape index (κ2) is 9.53. The summed E-state index contributed by atoms with van der Waals surface area (Å²) >= 11 is 0. The average molecular weight is 319 g/mol. The summed E-state index contributed by atoms with van der Waals surface area (Å²) in [6.07, 6.45) is 2.57. The Morgan fingerprint density at radius 1 is 1.17 bits per heavy atom. The molecule has 2 unspecified atom stereocenters. The van der Waals surface area contributed by atoms with E-state index in [2.05, 4.69) is 22.5 Å². The zero-order valence-corrected chi connectivity index (χ0v) is 14.0. The van der Waals surface area contributed by atoms with Crippen molar-refractivity contribution in [1.29, 1.82) is 0 Å². The first-order valence-corrected chi connectivity index (χ1v) is 8.59. The van der Waals surface area contributed by atoms with Crippen LogP contribution in [-0.4, -0.2) is 54.9 Å². The van der Waals surface area contributed by atoms with Crippen LogP contribution in [0.5, 0.6) is 0 Å². The number of urea groups is 1. The highest BCUT2D eigenvalue weighted by molar-refractivity contribution is 5.73. The Morgan fingerprint density at radius 3 is 2.52 bits per heavy atom. The summed E-state index contributed by atoms with van der Waals surface area (Å²) < 4.78 is 0. The summed E-state index contributed by atoms with van der Waals surface area (Å²) in [4.78, 5) is 14.2. The van der Waals surface area contributed by atoms with Crippen molar-refractivity contribution in [3.8, 4) is 0 Å². The maximum Gasteiger partial charge on any atom is 0.314 e. The fourth-order valence-electron chi connectivity index (χ4n) is 2.97. The largest absolute Gasteiger partial charge is 0.391 e. The minimum Gasteiger partial charge on any atom is -0.391 e. The second-order valence-electron chi connectivity index (χ2n) is 6.55. The molecule has 0 aromatic heterocycles. The number of carbonyl (C=O) groups is 1. The van der Waals surface area contributed by atoms with Crippen LogP contribution in [0.1, 0.15) is 25.3 Å². The lowest BCUT2D eigenvalue weighted by Gasteiger charge is -2.20. The molecule has 5 heteroatoms. The van der Waals surface area contributed by atoms with Crippen LogP contribution in [0.15, 0.2) is 30.3 Å². The number of aliphatic hydroxyl groups is 1. The monoisotopic (exact) mass is 319 g/mol. The van der Waals surface area contributed by atoms with E-state index in [1.165, 1.54) is 25.9 Å². The minimum atomic E-state index is -0.565. The molecule has 1 aliphatic rings. The molecule has 2 rings (SSSR count). The number of aliphatic hydroxyl groups excluding tert-OH is 1. The van der Waals surface area contributed by atoms with E-state index in [0.717, 1.165) is 12.1 Å². The lowest BCUT2D eigenvalue weighted by atomic mass is 10.1. The summed E-state index contributed by atoms with van der Waals surface area (Å²) in [7, 11) is 0. The summed E-state index contributed by atoms with van der Waals surface area (Å²) in [6, 6.07) is 9.59. The number of rotatable bonds is 8. The first-order valence-electron chi connectivity index (χ1n) is 8.59. The quantitative estimate of drug-likeness (QED) is 0.682. The van der Waals surface area contributed by atoms with Gasteiger partial charge in [0, 0.05) is 26.1 Å². The Labute approximate surface area is 139 Å². The third kappa shape index (κ3) is 7.01. The number of carbonyl (C=O) groups excluding carboxylic acids is 1. The van der Waals surface area contributed by atoms with E-state index in [4.69, 9.17) is 0 Å². The number of amides is 2. The van der Waals surface area contributed by atoms with Gasteiger partial charge in [-0.1, -0.05) is 37.3 Å². The first-order chi connectivity index (χ1) is 11.1. The molecule has 1 aromatic carbocycles. The van der Waals surface area contributed by atoms with Gasteiger partial charge in [-0.3, -0.25) is 0 Å². The molecule has 3 N–H and O–H groups in total. The highest BCUT2D eigenvalue weighted by Gasteiger charge is 2.15. The number of likely N-dealkylation sites (tertiary alicyclic amines) is 1. The van der Waals surface area contributed by atoms with Crippen molar-refractivity contribution in [1.82, 2.24) is 15.5 Å². The molecule has 5 nitrogen and oxygen atoms in total. The van der Waals surface area contributed by atoms with Gasteiger partial charge in [0.05, 0.1) is 6.10 Å². The van der Waals surface area contributed by atoms with Crippen molar-refractivity contribution in [3.05, 3.63) is 35.9 Å². The number of benzene rings is 1. The Bertz CT molecular complexity index is 461. The molecular formula is C18H29N3O2. The smallest absolute Gasteiger partial charge is 0.314 e. The van der Waals surface area contributed by atoms with Crippen LogP contribution in [0.25, 0.3) is 0 Å². The Kier molecular flexibility index (Phi) is 7.36. The van der Waals surface area contributed by atoms with Gasteiger partial charge < -0.3 is 20.6 Å². The molecule has 0 bridgehead atoms. The van der Waals surface area contributed by atoms with Gasteiger partial charge in [-0.2, -0.15) is 0 Å². The summed E-state index contributed by atoms with van der Waals surface area (Å²) in [5.74, 6) is 0.438. The van der Waals surface area contributed by atoms with Crippen LogP contribution in [0.3, 0.4) is 0 Å². The van der Waals surface area contributed by atoms with E-state index in [-0.39, 0.29) is 12.6 Å². The van der Waals surface area contributed by atoms with Crippen LogP contribution >= 0.6 is 0 Å². The maximum absolute atomic E-state index is 11.8. The fourth-order valence-corrected chi connectivity index (χ4v) is 2.97. The van der Waals surface area contributed by atoms with Crippen molar-refractivity contribution in [2.24, 2.45) is 5.92 Å². The first kappa shape index (κ1) is 17.8. The highest BCUT2D eigenvalue weighted by atomic mass is 16.3. The zero-order chi connectivity index (χ0) is 16.5. The molecular weight excluding hydrogens is 290 g/mol. The molecule has 0 saturated carbocycles. The predicted octanol–water partition coefficient (Wildman–Crippen LogP) is 1.62. The topological polar surface area (TPSA) is 64.6 Å². The number of hydrogen-bond donors (Lipinski definition) is 3. The Hall–Kier alpha value is -1.59. The van der Waals surface area contributed by atoms with Gasteiger partial charge in [-0.05, 0) is 37.4 Å². The van der Waals surface area contributed by atoms with Crippen LogP contribution in [0, 0.1) is 5.92 Å². The van der Waals surface area contributed by atoms with Gasteiger partial charge in [0.2, 0.25) is 0 Å². The third-order valence-corrected chi connectivity index (χ3v) is 4.19. The number of hydrogen-bond acceptors (Lipinski definition) is 3. The lowest BCUT2D eigenvalue weighted by Crippen LogP contribution is -2.43. The summed E-state index contributed by atoms with van der Waals surface area (Å²) in [5, 5.41) is 15.6. The second-order valence-corrected chi connectivity index (χ2v) is 6.55. The van der Waals surface area contributed by atoms with Crippen molar-refractivity contribution in [3.63, 3.8) is 0 Å². The van der Waals surface area contributed by atoms with E-state index in [0.29, 0.717) is 18.9 Å². The van der Waals surface area contributed by atoms with Gasteiger partial charge in [-0.15, -0.1) is 0 Å². The molecule has 1 aliphatic heterocycles.